The summed E-state index contributed by atoms with van der Waals surface area (Å²) >= 11 is 0. The van der Waals surface area contributed by atoms with Crippen LogP contribution in [-0.4, -0.2) is 109 Å². The van der Waals surface area contributed by atoms with Crippen LogP contribution >= 0.6 is 0 Å². The second-order valence-electron chi connectivity index (χ2n) is 9.35. The van der Waals surface area contributed by atoms with E-state index >= 15 is 0 Å². The van der Waals surface area contributed by atoms with Gasteiger partial charge >= 0.3 is 5.97 Å². The van der Waals surface area contributed by atoms with Crippen molar-refractivity contribution in [2.45, 2.75) is 39.7 Å². The van der Waals surface area contributed by atoms with Gasteiger partial charge in [0, 0.05) is 51.1 Å². The molecule has 11 nitrogen and oxygen atoms in total. The molecule has 1 saturated heterocycles. The first-order valence-corrected chi connectivity index (χ1v) is 12.3. The van der Waals surface area contributed by atoms with Gasteiger partial charge in [-0.15, -0.1) is 9.69 Å². The van der Waals surface area contributed by atoms with Crippen LogP contribution in [0.1, 0.15) is 33.6 Å². The number of allylic oxidation sites excluding steroid dienone is 3. The van der Waals surface area contributed by atoms with Gasteiger partial charge < -0.3 is 14.7 Å². The Morgan fingerprint density at radius 2 is 1.95 bits per heavy atom. The number of esters is 1. The third kappa shape index (κ3) is 9.51. The predicted octanol–water partition coefficient (Wildman–Crippen LogP) is 2.14. The van der Waals surface area contributed by atoms with Crippen LogP contribution < -0.4 is 0 Å². The normalized spacial score (nSPS) is 19.2. The summed E-state index contributed by atoms with van der Waals surface area (Å²) in [4.78, 5) is 32.5. The molecule has 2 aliphatic heterocycles. The lowest BCUT2D eigenvalue weighted by Crippen LogP contribution is -2.50. The third-order valence-corrected chi connectivity index (χ3v) is 6.24. The van der Waals surface area contributed by atoms with Crippen molar-refractivity contribution in [3.05, 3.63) is 46.3 Å². The Hall–Kier alpha value is -3.44. The van der Waals surface area contributed by atoms with Crippen LogP contribution in [0.15, 0.2) is 61.8 Å². The molecule has 202 valence electrons. The summed E-state index contributed by atoms with van der Waals surface area (Å²) < 4.78 is 6.36. The summed E-state index contributed by atoms with van der Waals surface area (Å²) in [6.07, 6.45) is 5.78. The number of piperazine rings is 1. The maximum Gasteiger partial charge on any atom is 0.333 e. The molecule has 0 aromatic heterocycles. The molecule has 0 radical (unpaired) electrons. The lowest BCUT2D eigenvalue weighted by Gasteiger charge is -2.36. The highest BCUT2D eigenvalue weighted by molar-refractivity contribution is 5.90. The number of hydrogen-bond donors (Lipinski definition) is 1. The third-order valence-electron chi connectivity index (χ3n) is 6.24. The van der Waals surface area contributed by atoms with Crippen molar-refractivity contribution in [1.29, 1.82) is 0 Å². The Balaban J connectivity index is 1.86. The van der Waals surface area contributed by atoms with Crippen LogP contribution in [0, 0.1) is 0 Å². The number of rotatable bonds is 11. The van der Waals surface area contributed by atoms with E-state index in [0.717, 1.165) is 16.7 Å². The Kier molecular flexibility index (Phi) is 11.5. The van der Waals surface area contributed by atoms with E-state index in [0.29, 0.717) is 63.6 Å². The number of cyclic esters (lactones) is 1. The topological polar surface area (TPSA) is 113 Å². The largest absolute Gasteiger partial charge is 0.462 e. The van der Waals surface area contributed by atoms with Gasteiger partial charge in [0.2, 0.25) is 5.91 Å². The van der Waals surface area contributed by atoms with Crippen molar-refractivity contribution in [3.8, 4) is 0 Å². The van der Waals surface area contributed by atoms with E-state index in [4.69, 9.17) is 4.74 Å². The molecule has 2 aliphatic rings. The second-order valence-corrected chi connectivity index (χ2v) is 9.35. The molecule has 11 heteroatoms. The van der Waals surface area contributed by atoms with E-state index in [9.17, 15) is 14.7 Å². The molecular weight excluding hydrogens is 474 g/mol. The fourth-order valence-electron chi connectivity index (χ4n) is 3.86. The number of ether oxygens (including phenoxy) is 1. The van der Waals surface area contributed by atoms with E-state index in [2.05, 4.69) is 33.8 Å². The number of aliphatic hydroxyl groups is 1. The maximum atomic E-state index is 12.8. The van der Waals surface area contributed by atoms with Gasteiger partial charge in [-0.25, -0.2) is 9.79 Å². The van der Waals surface area contributed by atoms with Gasteiger partial charge in [-0.1, -0.05) is 17.7 Å². The van der Waals surface area contributed by atoms with E-state index in [-0.39, 0.29) is 11.9 Å². The van der Waals surface area contributed by atoms with E-state index in [1.165, 1.54) is 9.69 Å². The summed E-state index contributed by atoms with van der Waals surface area (Å²) in [5.41, 5.74) is 3.22. The summed E-state index contributed by atoms with van der Waals surface area (Å²) in [5.74, 6) is 0.254. The van der Waals surface area contributed by atoms with Gasteiger partial charge in [-0.3, -0.25) is 9.69 Å². The molecule has 1 N–H and O–H groups in total. The number of β-amino-alcohol motifs (C(OH)–C–C–N with tert-alkyl or cyclic N) is 1. The minimum absolute atomic E-state index is 0.0601. The quantitative estimate of drug-likeness (QED) is 0.113. The molecule has 2 rings (SSSR count). The van der Waals surface area contributed by atoms with Gasteiger partial charge in [-0.05, 0) is 44.7 Å². The molecule has 0 bridgehead atoms. The molecule has 0 saturated carbocycles. The molecule has 0 aliphatic carbocycles. The highest BCUT2D eigenvalue weighted by Gasteiger charge is 2.24. The predicted molar refractivity (Wildman–Crippen MR) is 143 cm³/mol. The van der Waals surface area contributed by atoms with Crippen LogP contribution in [0.25, 0.3) is 0 Å². The molecule has 2 heterocycles. The van der Waals surface area contributed by atoms with Crippen molar-refractivity contribution in [2.75, 3.05) is 53.4 Å². The number of aliphatic imine (C=N–C) groups is 1. The highest BCUT2D eigenvalue weighted by Crippen LogP contribution is 2.20. The van der Waals surface area contributed by atoms with Gasteiger partial charge in [0.05, 0.1) is 26.5 Å². The zero-order chi connectivity index (χ0) is 27.5. The van der Waals surface area contributed by atoms with Crippen LogP contribution in [0.2, 0.25) is 0 Å². The average Bonchev–Trinajstić information content (AvgIpc) is 2.86. The standard InChI is InChI=1S/C26H40N7O4/c1-19(8-9-24(27-4)31(7)29-28-30(5)6)16-25(35)33-13-11-32(12-14-33)18-23(34)20(2)17-22-10-15-37-26(36)21(22)3/h8-9,17,23,34H,4-5,10-16,18H2,1-3,6-7H3/q+1. The van der Waals surface area contributed by atoms with E-state index in [1.807, 2.05) is 30.9 Å². The van der Waals surface area contributed by atoms with Gasteiger partial charge in [0.15, 0.2) is 16.3 Å². The van der Waals surface area contributed by atoms with Gasteiger partial charge in [0.1, 0.15) is 7.05 Å². The first-order chi connectivity index (χ1) is 17.5. The fraction of sp³-hybridized carbons (Fsp3) is 0.538. The minimum Gasteiger partial charge on any atom is -0.462 e. The molecule has 0 aromatic carbocycles. The van der Waals surface area contributed by atoms with Crippen molar-refractivity contribution in [2.24, 2.45) is 15.4 Å². The Labute approximate surface area is 219 Å². The first-order valence-electron chi connectivity index (χ1n) is 12.3. The molecule has 1 atom stereocenters. The molecule has 0 aromatic rings. The van der Waals surface area contributed by atoms with Crippen molar-refractivity contribution >= 4 is 25.3 Å². The van der Waals surface area contributed by atoms with Gasteiger partial charge in [0.25, 0.3) is 0 Å². The lowest BCUT2D eigenvalue weighted by atomic mass is 9.99. The molecule has 1 unspecified atom stereocenters. The maximum absolute atomic E-state index is 12.8. The van der Waals surface area contributed by atoms with Crippen LogP contribution in [0.3, 0.4) is 0 Å². The van der Waals surface area contributed by atoms with Crippen molar-refractivity contribution in [3.63, 3.8) is 0 Å². The fourth-order valence-corrected chi connectivity index (χ4v) is 3.86. The minimum atomic E-state index is -0.642. The second kappa shape index (κ2) is 14.3. The first kappa shape index (κ1) is 29.8. The molecule has 37 heavy (non-hydrogen) atoms. The molecule has 1 fully saturated rings. The smallest absolute Gasteiger partial charge is 0.333 e. The zero-order valence-corrected chi connectivity index (χ0v) is 22.7. The zero-order valence-electron chi connectivity index (χ0n) is 22.7. The Morgan fingerprint density at radius 1 is 1.27 bits per heavy atom. The lowest BCUT2D eigenvalue weighted by molar-refractivity contribution is -0.504. The van der Waals surface area contributed by atoms with Gasteiger partial charge in [-0.2, -0.15) is 0 Å². The summed E-state index contributed by atoms with van der Waals surface area (Å²) in [6, 6.07) is 0. The number of nitrogens with zero attached hydrogens (tertiary/aromatic N) is 7. The monoisotopic (exact) mass is 514 g/mol. The highest BCUT2D eigenvalue weighted by atomic mass is 16.5. The summed E-state index contributed by atoms with van der Waals surface area (Å²) in [7, 11) is 3.36. The Morgan fingerprint density at radius 3 is 2.57 bits per heavy atom. The number of aliphatic hydroxyl groups excluding tert-OH is 1. The van der Waals surface area contributed by atoms with E-state index in [1.54, 1.807) is 27.1 Å². The van der Waals surface area contributed by atoms with Crippen LogP contribution in [0.5, 0.6) is 0 Å². The Bertz CT molecular complexity index is 1030. The number of amides is 1. The van der Waals surface area contributed by atoms with Crippen molar-refractivity contribution < 1.29 is 24.1 Å². The number of carbonyl (C=O) groups excluding carboxylic acids is 2. The van der Waals surface area contributed by atoms with Crippen molar-refractivity contribution in [1.82, 2.24) is 14.8 Å². The summed E-state index contributed by atoms with van der Waals surface area (Å²) in [6.45, 7) is 16.1. The number of carbonyl (C=O) groups is 2. The molecular formula is C26H40N7O4+. The number of hydrogen-bond acceptors (Lipinski definition) is 8. The average molecular weight is 515 g/mol. The molecule has 1 amide bonds. The van der Waals surface area contributed by atoms with Crippen LogP contribution in [0.4, 0.5) is 0 Å². The van der Waals surface area contributed by atoms with E-state index < -0.39 is 6.10 Å². The summed E-state index contributed by atoms with van der Waals surface area (Å²) in [5, 5.41) is 19.9. The SMILES string of the molecule is C=NC(=CC=C(C)CC(=O)N1CCN(CC(O)C(C)=CC2=C(C)C(=O)OCC2)CC1)N(C)N=N[N+](=C)C. The molecule has 0 spiro atoms. The van der Waals surface area contributed by atoms with Crippen LogP contribution in [-0.2, 0) is 14.3 Å².